The third-order valence-electron chi connectivity index (χ3n) is 5.25. The number of fused-ring (bicyclic) bond motifs is 1. The number of benzene rings is 3. The molecule has 1 heterocycles. The molecular formula is C23H26ClFN2O. The maximum Gasteiger partial charge on any atom is 0.125 e. The lowest BCUT2D eigenvalue weighted by Crippen LogP contribution is -2.47. The number of rotatable bonds is 5. The van der Waals surface area contributed by atoms with Crippen LogP contribution in [0.1, 0.15) is 18.5 Å². The molecule has 0 bridgehead atoms. The fourth-order valence-electron chi connectivity index (χ4n) is 3.80. The van der Waals surface area contributed by atoms with E-state index in [1.54, 1.807) is 12.1 Å². The van der Waals surface area contributed by atoms with Gasteiger partial charge in [-0.1, -0.05) is 48.5 Å². The van der Waals surface area contributed by atoms with Crippen molar-refractivity contribution in [3.8, 4) is 0 Å². The summed E-state index contributed by atoms with van der Waals surface area (Å²) in [6.45, 7) is 5.16. The second-order valence-corrected chi connectivity index (χ2v) is 7.12. The van der Waals surface area contributed by atoms with Gasteiger partial charge >= 0.3 is 0 Å². The predicted octanol–water partition coefficient (Wildman–Crippen LogP) is 4.96. The van der Waals surface area contributed by atoms with Gasteiger partial charge in [-0.15, -0.1) is 12.4 Å². The highest BCUT2D eigenvalue weighted by Gasteiger charge is 2.22. The van der Waals surface area contributed by atoms with Crippen molar-refractivity contribution in [3.05, 3.63) is 78.1 Å². The first-order valence-corrected chi connectivity index (χ1v) is 9.54. The van der Waals surface area contributed by atoms with Crippen LogP contribution in [0.4, 0.5) is 10.1 Å². The summed E-state index contributed by atoms with van der Waals surface area (Å²) >= 11 is 0. The molecule has 28 heavy (non-hydrogen) atoms. The molecule has 1 fully saturated rings. The highest BCUT2D eigenvalue weighted by atomic mass is 35.5. The van der Waals surface area contributed by atoms with E-state index in [9.17, 15) is 4.39 Å². The first kappa shape index (κ1) is 20.6. The SMILES string of the molecule is C[C@@H](NCC1CN(c2cccc(F)c2)CCO1)c1cccc2ccccc12.Cl. The van der Waals surface area contributed by atoms with Gasteiger partial charge in [0.15, 0.2) is 0 Å². The van der Waals surface area contributed by atoms with Gasteiger partial charge in [0.25, 0.3) is 0 Å². The molecule has 0 spiro atoms. The zero-order valence-corrected chi connectivity index (χ0v) is 16.8. The molecule has 3 nitrogen and oxygen atoms in total. The fraction of sp³-hybridized carbons (Fsp3) is 0.304. The number of ether oxygens (including phenoxy) is 1. The van der Waals surface area contributed by atoms with Crippen LogP contribution in [0.2, 0.25) is 0 Å². The Morgan fingerprint density at radius 2 is 1.89 bits per heavy atom. The maximum absolute atomic E-state index is 13.5. The van der Waals surface area contributed by atoms with Crippen molar-refractivity contribution in [2.75, 3.05) is 31.1 Å². The van der Waals surface area contributed by atoms with E-state index in [1.165, 1.54) is 22.4 Å². The van der Waals surface area contributed by atoms with Gasteiger partial charge in [0.1, 0.15) is 5.82 Å². The number of morpholine rings is 1. The van der Waals surface area contributed by atoms with E-state index in [4.69, 9.17) is 4.74 Å². The first-order valence-electron chi connectivity index (χ1n) is 9.54. The van der Waals surface area contributed by atoms with E-state index in [0.717, 1.165) is 25.3 Å². The standard InChI is InChI=1S/C23H25FN2O.ClH/c1-17(22-11-4-7-18-6-2-3-10-23(18)22)25-15-21-16-26(12-13-27-21)20-9-5-8-19(24)14-20;/h2-11,14,17,21,25H,12-13,15-16H2,1H3;1H/t17-,21?;/m1./s1. The third kappa shape index (κ3) is 4.64. The topological polar surface area (TPSA) is 24.5 Å². The van der Waals surface area contributed by atoms with Gasteiger partial charge < -0.3 is 15.0 Å². The van der Waals surface area contributed by atoms with Crippen molar-refractivity contribution in [3.63, 3.8) is 0 Å². The van der Waals surface area contributed by atoms with Crippen LogP contribution in [0.3, 0.4) is 0 Å². The Hall–Kier alpha value is -2.14. The zero-order valence-electron chi connectivity index (χ0n) is 16.0. The Morgan fingerprint density at radius 1 is 1.11 bits per heavy atom. The van der Waals surface area contributed by atoms with Crippen molar-refractivity contribution in [2.45, 2.75) is 19.1 Å². The van der Waals surface area contributed by atoms with Crippen LogP contribution in [-0.4, -0.2) is 32.3 Å². The van der Waals surface area contributed by atoms with Gasteiger partial charge in [0.05, 0.1) is 12.7 Å². The second-order valence-electron chi connectivity index (χ2n) is 7.12. The van der Waals surface area contributed by atoms with Crippen molar-refractivity contribution >= 4 is 28.9 Å². The number of nitrogens with one attached hydrogen (secondary N) is 1. The molecule has 3 aromatic rings. The molecule has 0 aliphatic carbocycles. The van der Waals surface area contributed by atoms with Gasteiger partial charge in [-0.2, -0.15) is 0 Å². The Kier molecular flexibility index (Phi) is 6.89. The minimum atomic E-state index is -0.196. The number of hydrogen-bond acceptors (Lipinski definition) is 3. The molecule has 4 rings (SSSR count). The fourth-order valence-corrected chi connectivity index (χ4v) is 3.80. The zero-order chi connectivity index (χ0) is 18.6. The minimum absolute atomic E-state index is 0. The molecule has 2 atom stereocenters. The van der Waals surface area contributed by atoms with Gasteiger partial charge in [0.2, 0.25) is 0 Å². The van der Waals surface area contributed by atoms with Gasteiger partial charge in [-0.3, -0.25) is 0 Å². The summed E-state index contributed by atoms with van der Waals surface area (Å²) in [7, 11) is 0. The molecular weight excluding hydrogens is 375 g/mol. The first-order chi connectivity index (χ1) is 13.2. The number of hydrogen-bond donors (Lipinski definition) is 1. The normalized spacial score (nSPS) is 17.9. The Labute approximate surface area is 171 Å². The Balaban J connectivity index is 0.00000225. The quantitative estimate of drug-likeness (QED) is 0.655. The summed E-state index contributed by atoms with van der Waals surface area (Å²) in [5, 5.41) is 6.16. The van der Waals surface area contributed by atoms with E-state index in [1.807, 2.05) is 6.07 Å². The molecule has 0 amide bonds. The number of anilines is 1. The highest BCUT2D eigenvalue weighted by Crippen LogP contribution is 2.24. The lowest BCUT2D eigenvalue weighted by molar-refractivity contribution is 0.0394. The van der Waals surface area contributed by atoms with E-state index in [2.05, 4.69) is 59.6 Å². The maximum atomic E-state index is 13.5. The number of halogens is 2. The average molecular weight is 401 g/mol. The van der Waals surface area contributed by atoms with Gasteiger partial charge in [-0.25, -0.2) is 4.39 Å². The van der Waals surface area contributed by atoms with E-state index >= 15 is 0 Å². The van der Waals surface area contributed by atoms with Crippen LogP contribution in [0.15, 0.2) is 66.7 Å². The van der Waals surface area contributed by atoms with Gasteiger partial charge in [0, 0.05) is 31.4 Å². The molecule has 1 unspecified atom stereocenters. The van der Waals surface area contributed by atoms with Crippen molar-refractivity contribution in [1.29, 1.82) is 0 Å². The molecule has 1 aliphatic heterocycles. The summed E-state index contributed by atoms with van der Waals surface area (Å²) in [6.07, 6.45) is 0.0828. The monoisotopic (exact) mass is 400 g/mol. The van der Waals surface area contributed by atoms with Crippen LogP contribution < -0.4 is 10.2 Å². The predicted molar refractivity (Wildman–Crippen MR) is 116 cm³/mol. The third-order valence-corrected chi connectivity index (χ3v) is 5.25. The lowest BCUT2D eigenvalue weighted by Gasteiger charge is -2.35. The minimum Gasteiger partial charge on any atom is -0.373 e. The average Bonchev–Trinajstić information content (AvgIpc) is 2.72. The molecule has 3 aromatic carbocycles. The molecule has 1 N–H and O–H groups in total. The van der Waals surface area contributed by atoms with E-state index in [0.29, 0.717) is 6.61 Å². The smallest absolute Gasteiger partial charge is 0.125 e. The summed E-state index contributed by atoms with van der Waals surface area (Å²) in [6, 6.07) is 21.9. The largest absolute Gasteiger partial charge is 0.373 e. The summed E-state index contributed by atoms with van der Waals surface area (Å²) in [4.78, 5) is 2.20. The van der Waals surface area contributed by atoms with Crippen LogP contribution in [0.5, 0.6) is 0 Å². The lowest BCUT2D eigenvalue weighted by atomic mass is 9.99. The molecule has 148 valence electrons. The van der Waals surface area contributed by atoms with Crippen LogP contribution in [0.25, 0.3) is 10.8 Å². The Morgan fingerprint density at radius 3 is 2.75 bits per heavy atom. The van der Waals surface area contributed by atoms with Crippen LogP contribution in [0, 0.1) is 5.82 Å². The summed E-state index contributed by atoms with van der Waals surface area (Å²) in [5.41, 5.74) is 2.22. The van der Waals surface area contributed by atoms with E-state index < -0.39 is 0 Å². The van der Waals surface area contributed by atoms with Crippen molar-refractivity contribution < 1.29 is 9.13 Å². The van der Waals surface area contributed by atoms with Crippen LogP contribution in [-0.2, 0) is 4.74 Å². The summed E-state index contributed by atoms with van der Waals surface area (Å²) in [5.74, 6) is -0.196. The number of nitrogens with zero attached hydrogens (tertiary/aromatic N) is 1. The molecule has 0 radical (unpaired) electrons. The second kappa shape index (κ2) is 9.37. The van der Waals surface area contributed by atoms with Crippen molar-refractivity contribution in [2.24, 2.45) is 0 Å². The van der Waals surface area contributed by atoms with Crippen LogP contribution >= 0.6 is 12.4 Å². The molecule has 1 aliphatic rings. The molecule has 5 heteroatoms. The molecule has 0 saturated carbocycles. The molecule has 1 saturated heterocycles. The van der Waals surface area contributed by atoms with Gasteiger partial charge in [-0.05, 0) is 41.5 Å². The molecule has 0 aromatic heterocycles. The van der Waals surface area contributed by atoms with E-state index in [-0.39, 0.29) is 30.4 Å². The van der Waals surface area contributed by atoms with Crippen molar-refractivity contribution in [1.82, 2.24) is 5.32 Å². The summed E-state index contributed by atoms with van der Waals surface area (Å²) < 4.78 is 19.5. The Bertz CT molecular complexity index is 915. The highest BCUT2D eigenvalue weighted by molar-refractivity contribution is 5.86.